The predicted octanol–water partition coefficient (Wildman–Crippen LogP) is 6.88. The van der Waals surface area contributed by atoms with Crippen LogP contribution in [0.4, 0.5) is 0 Å². The summed E-state index contributed by atoms with van der Waals surface area (Å²) in [4.78, 5) is 18.3. The van der Waals surface area contributed by atoms with Crippen LogP contribution in [0.1, 0.15) is 20.9 Å². The highest BCUT2D eigenvalue weighted by molar-refractivity contribution is 7.16. The lowest BCUT2D eigenvalue weighted by Crippen LogP contribution is -1.98. The van der Waals surface area contributed by atoms with Crippen LogP contribution in [0.2, 0.25) is 0 Å². The van der Waals surface area contributed by atoms with E-state index in [1.54, 1.807) is 19.3 Å². The van der Waals surface area contributed by atoms with Gasteiger partial charge in [0.2, 0.25) is 5.13 Å². The molecule has 0 amide bonds. The highest BCUT2D eigenvalue weighted by Gasteiger charge is 2.19. The number of hydrogen-bond donors (Lipinski definition) is 0. The molecule has 0 atom stereocenters. The molecular formula is C29H23N3O2S. The van der Waals surface area contributed by atoms with Crippen LogP contribution >= 0.6 is 11.3 Å². The smallest absolute Gasteiger partial charge is 0.211 e. The van der Waals surface area contributed by atoms with Crippen molar-refractivity contribution in [3.05, 3.63) is 113 Å². The van der Waals surface area contributed by atoms with Crippen molar-refractivity contribution in [2.45, 2.75) is 6.92 Å². The normalized spacial score (nSPS) is 11.1. The van der Waals surface area contributed by atoms with Gasteiger partial charge in [-0.2, -0.15) is 5.10 Å². The Balaban J connectivity index is 1.50. The van der Waals surface area contributed by atoms with Gasteiger partial charge in [0.1, 0.15) is 5.75 Å². The number of rotatable bonds is 7. The first kappa shape index (κ1) is 22.5. The van der Waals surface area contributed by atoms with E-state index in [9.17, 15) is 4.79 Å². The van der Waals surface area contributed by atoms with Gasteiger partial charge >= 0.3 is 0 Å². The second kappa shape index (κ2) is 9.91. The number of carbonyl (C=O) groups excluding carboxylic acids is 1. The minimum Gasteiger partial charge on any atom is -0.497 e. The summed E-state index contributed by atoms with van der Waals surface area (Å²) in [7, 11) is 1.63. The molecule has 0 fully saturated rings. The van der Waals surface area contributed by atoms with Crippen LogP contribution in [0.15, 0.2) is 97.1 Å². The molecule has 0 radical (unpaired) electrons. The van der Waals surface area contributed by atoms with E-state index in [0.29, 0.717) is 15.7 Å². The molecule has 0 aliphatic rings. The van der Waals surface area contributed by atoms with Crippen molar-refractivity contribution in [1.29, 1.82) is 0 Å². The first-order valence-corrected chi connectivity index (χ1v) is 12.0. The summed E-state index contributed by atoms with van der Waals surface area (Å²) in [5, 5.41) is 5.53. The Kier molecular flexibility index (Phi) is 6.37. The maximum atomic E-state index is 13.0. The van der Waals surface area contributed by atoms with Gasteiger partial charge < -0.3 is 4.74 Å². The number of nitrogens with zero attached hydrogens (tertiary/aromatic N) is 3. The Labute approximate surface area is 208 Å². The molecule has 0 N–H and O–H groups in total. The lowest BCUT2D eigenvalue weighted by atomic mass is 10.1. The molecule has 172 valence electrons. The summed E-state index contributed by atoms with van der Waals surface area (Å²) in [5.41, 5.74) is 5.44. The topological polar surface area (TPSA) is 57.0 Å². The van der Waals surface area contributed by atoms with E-state index in [4.69, 9.17) is 14.8 Å². The average molecular weight is 478 g/mol. The molecule has 0 bridgehead atoms. The number of carbonyl (C=O) groups is 1. The Morgan fingerprint density at radius 3 is 2.23 bits per heavy atom. The average Bonchev–Trinajstić information content (AvgIpc) is 3.53. The highest BCUT2D eigenvalue weighted by atomic mass is 32.1. The first-order chi connectivity index (χ1) is 17.1. The molecule has 0 unspecified atom stereocenters. The van der Waals surface area contributed by atoms with E-state index in [1.807, 2.05) is 96.5 Å². The second-order valence-corrected chi connectivity index (χ2v) is 8.92. The fourth-order valence-corrected chi connectivity index (χ4v) is 4.71. The number of thiazole rings is 1. The number of aromatic nitrogens is 3. The summed E-state index contributed by atoms with van der Waals surface area (Å²) in [6, 6.07) is 29.8. The number of methoxy groups -OCH3 is 1. The van der Waals surface area contributed by atoms with Gasteiger partial charge in [-0.25, -0.2) is 9.67 Å². The van der Waals surface area contributed by atoms with E-state index in [1.165, 1.54) is 11.3 Å². The molecule has 3 aromatic carbocycles. The highest BCUT2D eigenvalue weighted by Crippen LogP contribution is 2.31. The van der Waals surface area contributed by atoms with E-state index in [0.717, 1.165) is 33.8 Å². The fraction of sp³-hybridized carbons (Fsp3) is 0.0690. The third-order valence-corrected chi connectivity index (χ3v) is 6.73. The van der Waals surface area contributed by atoms with Crippen LogP contribution in [0.25, 0.3) is 33.7 Å². The third kappa shape index (κ3) is 4.83. The Morgan fingerprint density at radius 2 is 1.57 bits per heavy atom. The van der Waals surface area contributed by atoms with Gasteiger partial charge in [-0.1, -0.05) is 90.2 Å². The Morgan fingerprint density at radius 1 is 0.914 bits per heavy atom. The molecule has 0 aliphatic heterocycles. The molecule has 35 heavy (non-hydrogen) atoms. The van der Waals surface area contributed by atoms with Crippen molar-refractivity contribution in [3.63, 3.8) is 0 Å². The van der Waals surface area contributed by atoms with Crippen LogP contribution < -0.4 is 4.74 Å². The van der Waals surface area contributed by atoms with Gasteiger partial charge in [0.25, 0.3) is 0 Å². The van der Waals surface area contributed by atoms with Gasteiger partial charge in [-0.3, -0.25) is 4.79 Å². The molecule has 0 aliphatic carbocycles. The number of ketones is 1. The Hall–Kier alpha value is -4.29. The molecule has 5 aromatic rings. The number of hydrogen-bond acceptors (Lipinski definition) is 5. The quantitative estimate of drug-likeness (QED) is 0.189. The number of aryl methyl sites for hydroxylation is 1. The van der Waals surface area contributed by atoms with Crippen LogP contribution in [-0.4, -0.2) is 27.7 Å². The lowest BCUT2D eigenvalue weighted by molar-refractivity contribution is 0.105. The van der Waals surface area contributed by atoms with E-state index < -0.39 is 0 Å². The number of benzene rings is 3. The van der Waals surface area contributed by atoms with E-state index >= 15 is 0 Å². The zero-order valence-electron chi connectivity index (χ0n) is 19.4. The Bertz CT molecular complexity index is 1480. The summed E-state index contributed by atoms with van der Waals surface area (Å²) in [5.74, 6) is 0.693. The van der Waals surface area contributed by atoms with E-state index in [-0.39, 0.29) is 5.78 Å². The van der Waals surface area contributed by atoms with Gasteiger partial charge in [0.05, 0.1) is 29.1 Å². The largest absolute Gasteiger partial charge is 0.497 e. The molecule has 0 saturated heterocycles. The van der Waals surface area contributed by atoms with Crippen molar-refractivity contribution >= 4 is 23.2 Å². The van der Waals surface area contributed by atoms with Crippen molar-refractivity contribution < 1.29 is 9.53 Å². The summed E-state index contributed by atoms with van der Waals surface area (Å²) < 4.78 is 7.02. The van der Waals surface area contributed by atoms with Crippen molar-refractivity contribution in [2.24, 2.45) is 0 Å². The number of ether oxygens (including phenoxy) is 1. The van der Waals surface area contributed by atoms with Gasteiger partial charge in [-0.15, -0.1) is 0 Å². The third-order valence-electron chi connectivity index (χ3n) is 5.58. The molecule has 2 heterocycles. The van der Waals surface area contributed by atoms with Gasteiger partial charge in [0.15, 0.2) is 5.78 Å². The minimum absolute atomic E-state index is 0.0845. The minimum atomic E-state index is -0.0845. The number of allylic oxidation sites excluding steroid dienone is 1. The zero-order valence-corrected chi connectivity index (χ0v) is 20.2. The molecule has 5 nitrogen and oxygen atoms in total. The van der Waals surface area contributed by atoms with Gasteiger partial charge in [0, 0.05) is 11.1 Å². The zero-order chi connectivity index (χ0) is 24.2. The monoisotopic (exact) mass is 477 g/mol. The molecule has 6 heteroatoms. The van der Waals surface area contributed by atoms with Crippen LogP contribution in [0.5, 0.6) is 5.75 Å². The van der Waals surface area contributed by atoms with Crippen LogP contribution in [0, 0.1) is 6.92 Å². The molecule has 2 aromatic heterocycles. The summed E-state index contributed by atoms with van der Waals surface area (Å²) in [6.45, 7) is 1.86. The standard InChI is InChI=1S/C29H23N3O2S/c1-20-28(27(33)18-15-21-13-16-24(34-2)17-14-21)35-29(30-20)32-26(23-11-7-4-8-12-23)19-25(31-32)22-9-5-3-6-10-22/h3-19H,1-2H3/b18-15-. The fourth-order valence-electron chi connectivity index (χ4n) is 3.76. The molecule has 0 saturated carbocycles. The molecule has 5 rings (SSSR count). The maximum absolute atomic E-state index is 13.0. The molecular weight excluding hydrogens is 454 g/mol. The van der Waals surface area contributed by atoms with Crippen LogP contribution in [-0.2, 0) is 0 Å². The lowest BCUT2D eigenvalue weighted by Gasteiger charge is -2.03. The summed E-state index contributed by atoms with van der Waals surface area (Å²) in [6.07, 6.45) is 3.39. The maximum Gasteiger partial charge on any atom is 0.211 e. The molecule has 0 spiro atoms. The summed E-state index contributed by atoms with van der Waals surface area (Å²) >= 11 is 1.35. The van der Waals surface area contributed by atoms with Crippen molar-refractivity contribution in [1.82, 2.24) is 14.8 Å². The SMILES string of the molecule is COc1ccc(/C=C\C(=O)c2sc(-n3nc(-c4ccccc4)cc3-c3ccccc3)nc2C)cc1. The van der Waals surface area contributed by atoms with Gasteiger partial charge in [-0.05, 0) is 36.8 Å². The predicted molar refractivity (Wildman–Crippen MR) is 141 cm³/mol. The van der Waals surface area contributed by atoms with E-state index in [2.05, 4.69) is 6.07 Å². The second-order valence-electron chi connectivity index (χ2n) is 7.94. The van der Waals surface area contributed by atoms with Crippen molar-refractivity contribution in [2.75, 3.05) is 7.11 Å². The first-order valence-electron chi connectivity index (χ1n) is 11.2. The van der Waals surface area contributed by atoms with Crippen LogP contribution in [0.3, 0.4) is 0 Å². The van der Waals surface area contributed by atoms with Crippen molar-refractivity contribution in [3.8, 4) is 33.4 Å².